The monoisotopic (exact) mass is 536 g/mol. The smallest absolute Gasteiger partial charge is 0.260 e. The third-order valence-electron chi connectivity index (χ3n) is 6.47. The van der Waals surface area contributed by atoms with Gasteiger partial charge in [-0.05, 0) is 48.7 Å². The summed E-state index contributed by atoms with van der Waals surface area (Å²) in [7, 11) is -3.58. The summed E-state index contributed by atoms with van der Waals surface area (Å²) in [5.41, 5.74) is 1.92. The Hall–Kier alpha value is -3.54. The lowest BCUT2D eigenvalue weighted by Gasteiger charge is -2.26. The van der Waals surface area contributed by atoms with Gasteiger partial charge in [-0.2, -0.15) is 4.31 Å². The number of nitrogens with zero attached hydrogens (tertiary/aromatic N) is 4. The average Bonchev–Trinajstić information content (AvgIpc) is 3.57. The van der Waals surface area contributed by atoms with Crippen molar-refractivity contribution in [2.45, 2.75) is 30.7 Å². The molecular weight excluding hydrogens is 512 g/mol. The van der Waals surface area contributed by atoms with Gasteiger partial charge in [-0.15, -0.1) is 0 Å². The summed E-state index contributed by atoms with van der Waals surface area (Å²) >= 11 is 1.38. The predicted octanol–water partition coefficient (Wildman–Crippen LogP) is 4.44. The zero-order valence-electron chi connectivity index (χ0n) is 19.9. The fourth-order valence-electron chi connectivity index (χ4n) is 4.50. The molecule has 2 aliphatic rings. The van der Waals surface area contributed by atoms with Crippen LogP contribution in [0.1, 0.15) is 35.2 Å². The minimum absolute atomic E-state index is 0.175. The molecule has 2 aliphatic heterocycles. The van der Waals surface area contributed by atoms with Gasteiger partial charge >= 0.3 is 0 Å². The Morgan fingerprint density at radius 3 is 2.51 bits per heavy atom. The number of hydrogen-bond donors (Lipinski definition) is 0. The molecule has 4 aromatic rings. The molecule has 0 bridgehead atoms. The third-order valence-corrected chi connectivity index (χ3v) is 9.42. The van der Waals surface area contributed by atoms with Gasteiger partial charge in [0.1, 0.15) is 0 Å². The first-order valence-corrected chi connectivity index (χ1v) is 14.3. The second kappa shape index (κ2) is 9.73. The summed E-state index contributed by atoms with van der Waals surface area (Å²) in [4.78, 5) is 24.4. The summed E-state index contributed by atoms with van der Waals surface area (Å²) in [5, 5.41) is 0.512. The van der Waals surface area contributed by atoms with Crippen LogP contribution in [0, 0.1) is 0 Å². The van der Waals surface area contributed by atoms with Crippen LogP contribution in [0.4, 0.5) is 5.13 Å². The Morgan fingerprint density at radius 1 is 1.03 bits per heavy atom. The normalized spacial score (nSPS) is 15.7. The summed E-state index contributed by atoms with van der Waals surface area (Å²) in [6.45, 7) is 1.49. The molecule has 1 saturated heterocycles. The lowest BCUT2D eigenvalue weighted by Crippen LogP contribution is -2.35. The van der Waals surface area contributed by atoms with Gasteiger partial charge in [-0.1, -0.05) is 23.8 Å². The lowest BCUT2D eigenvalue weighted by molar-refractivity contribution is 0.0985. The standard InChI is InChI=1S/C26H24N4O5S2/c31-25(19-6-8-20(9-7-19)37(32,33)29-11-2-1-3-12-29)30(16-18-5-4-10-27-15-18)26-28-21-13-22-23(35-17-34-22)14-24(21)36-26/h4-10,13-15H,1-3,11-12,16-17H2. The molecule has 0 saturated carbocycles. The number of sulfonamides is 1. The minimum atomic E-state index is -3.58. The number of fused-ring (bicyclic) bond motifs is 2. The number of rotatable bonds is 6. The maximum absolute atomic E-state index is 13.8. The highest BCUT2D eigenvalue weighted by atomic mass is 32.2. The first kappa shape index (κ1) is 23.8. The molecule has 0 unspecified atom stereocenters. The Labute approximate surface area is 218 Å². The molecule has 0 N–H and O–H groups in total. The number of amides is 1. The third kappa shape index (κ3) is 4.65. The first-order valence-electron chi connectivity index (χ1n) is 12.0. The molecule has 37 heavy (non-hydrogen) atoms. The Balaban J connectivity index is 1.33. The van der Waals surface area contributed by atoms with Gasteiger partial charge in [0, 0.05) is 43.2 Å². The number of piperidine rings is 1. The van der Waals surface area contributed by atoms with Crippen molar-refractivity contribution in [3.63, 3.8) is 0 Å². The molecule has 1 fully saturated rings. The molecular formula is C26H24N4O5S2. The molecule has 0 atom stereocenters. The molecule has 1 amide bonds. The van der Waals surface area contributed by atoms with Gasteiger partial charge in [-0.3, -0.25) is 14.7 Å². The number of aromatic nitrogens is 2. The highest BCUT2D eigenvalue weighted by molar-refractivity contribution is 7.89. The van der Waals surface area contributed by atoms with Crippen LogP contribution in [-0.2, 0) is 16.6 Å². The maximum Gasteiger partial charge on any atom is 0.260 e. The van der Waals surface area contributed by atoms with E-state index in [0.29, 0.717) is 40.8 Å². The quantitative estimate of drug-likeness (QED) is 0.359. The van der Waals surface area contributed by atoms with Crippen molar-refractivity contribution < 1.29 is 22.7 Å². The summed E-state index contributed by atoms with van der Waals surface area (Å²) in [6.07, 6.45) is 6.15. The highest BCUT2D eigenvalue weighted by Crippen LogP contribution is 2.40. The number of pyridine rings is 1. The van der Waals surface area contributed by atoms with Gasteiger partial charge in [0.05, 0.1) is 21.7 Å². The molecule has 0 spiro atoms. The van der Waals surface area contributed by atoms with Crippen molar-refractivity contribution in [1.29, 1.82) is 0 Å². The fraction of sp³-hybridized carbons (Fsp3) is 0.269. The van der Waals surface area contributed by atoms with E-state index in [1.54, 1.807) is 29.4 Å². The maximum atomic E-state index is 13.8. The van der Waals surface area contributed by atoms with Crippen molar-refractivity contribution in [1.82, 2.24) is 14.3 Å². The van der Waals surface area contributed by atoms with Crippen LogP contribution in [0.25, 0.3) is 10.2 Å². The van der Waals surface area contributed by atoms with E-state index in [1.807, 2.05) is 24.3 Å². The van der Waals surface area contributed by atoms with E-state index in [0.717, 1.165) is 29.5 Å². The van der Waals surface area contributed by atoms with Crippen molar-refractivity contribution >= 4 is 42.6 Å². The molecule has 9 nitrogen and oxygen atoms in total. The largest absolute Gasteiger partial charge is 0.454 e. The van der Waals surface area contributed by atoms with E-state index in [4.69, 9.17) is 14.5 Å². The number of anilines is 1. The van der Waals surface area contributed by atoms with Gasteiger partial charge in [-0.25, -0.2) is 13.4 Å². The summed E-state index contributed by atoms with van der Waals surface area (Å²) in [6, 6.07) is 13.5. The number of carbonyl (C=O) groups excluding carboxylic acids is 1. The molecule has 6 rings (SSSR count). The Kier molecular flexibility index (Phi) is 6.27. The molecule has 2 aromatic carbocycles. The number of carbonyl (C=O) groups is 1. The second-order valence-corrected chi connectivity index (χ2v) is 11.9. The summed E-state index contributed by atoms with van der Waals surface area (Å²) < 4.78 is 39.4. The van der Waals surface area contributed by atoms with E-state index < -0.39 is 10.0 Å². The van der Waals surface area contributed by atoms with Gasteiger partial charge in [0.2, 0.25) is 16.8 Å². The number of hydrogen-bond acceptors (Lipinski definition) is 8. The van der Waals surface area contributed by atoms with Crippen molar-refractivity contribution in [2.75, 3.05) is 24.8 Å². The van der Waals surface area contributed by atoms with Crippen molar-refractivity contribution in [2.24, 2.45) is 0 Å². The van der Waals surface area contributed by atoms with Crippen molar-refractivity contribution in [3.8, 4) is 11.5 Å². The van der Waals surface area contributed by atoms with Crippen LogP contribution in [0.2, 0.25) is 0 Å². The second-order valence-electron chi connectivity index (χ2n) is 8.91. The van der Waals surface area contributed by atoms with Crippen LogP contribution < -0.4 is 14.4 Å². The van der Waals surface area contributed by atoms with Crippen LogP contribution in [-0.4, -0.2) is 48.5 Å². The molecule has 190 valence electrons. The fourth-order valence-corrected chi connectivity index (χ4v) is 6.99. The zero-order chi connectivity index (χ0) is 25.4. The van der Waals surface area contributed by atoms with Crippen LogP contribution in [0.3, 0.4) is 0 Å². The predicted molar refractivity (Wildman–Crippen MR) is 140 cm³/mol. The van der Waals surface area contributed by atoms with E-state index in [-0.39, 0.29) is 24.1 Å². The SMILES string of the molecule is O=C(c1ccc(S(=O)(=O)N2CCCCC2)cc1)N(Cc1cccnc1)c1nc2cc3c(cc2s1)OCO3. The average molecular weight is 537 g/mol. The highest BCUT2D eigenvalue weighted by Gasteiger charge is 2.27. The first-order chi connectivity index (χ1) is 18.0. The number of benzene rings is 2. The number of ether oxygens (including phenoxy) is 2. The summed E-state index contributed by atoms with van der Waals surface area (Å²) in [5.74, 6) is 0.989. The van der Waals surface area contributed by atoms with E-state index in [9.17, 15) is 13.2 Å². The zero-order valence-corrected chi connectivity index (χ0v) is 21.5. The van der Waals surface area contributed by atoms with Crippen LogP contribution >= 0.6 is 11.3 Å². The van der Waals surface area contributed by atoms with E-state index >= 15 is 0 Å². The van der Waals surface area contributed by atoms with Crippen LogP contribution in [0.5, 0.6) is 11.5 Å². The lowest BCUT2D eigenvalue weighted by atomic mass is 10.2. The van der Waals surface area contributed by atoms with Crippen molar-refractivity contribution in [3.05, 3.63) is 72.1 Å². The Bertz CT molecular complexity index is 1510. The van der Waals surface area contributed by atoms with Gasteiger partial charge in [0.25, 0.3) is 5.91 Å². The van der Waals surface area contributed by atoms with Crippen LogP contribution in [0.15, 0.2) is 65.8 Å². The molecule has 0 aliphatic carbocycles. The number of thiazole rings is 1. The molecule has 0 radical (unpaired) electrons. The molecule has 4 heterocycles. The van der Waals surface area contributed by atoms with E-state index in [2.05, 4.69) is 4.98 Å². The van der Waals surface area contributed by atoms with E-state index in [1.165, 1.54) is 27.8 Å². The Morgan fingerprint density at radius 2 is 1.78 bits per heavy atom. The molecule has 11 heteroatoms. The molecule has 2 aromatic heterocycles. The topological polar surface area (TPSA) is 102 Å². The minimum Gasteiger partial charge on any atom is -0.454 e. The van der Waals surface area contributed by atoms with Gasteiger partial charge < -0.3 is 9.47 Å². The van der Waals surface area contributed by atoms with Gasteiger partial charge in [0.15, 0.2) is 16.6 Å².